The number of hydrogen-bond donors (Lipinski definition) is 0. The number of fused-ring (bicyclic) bond motifs is 1. The second-order valence-corrected chi connectivity index (χ2v) is 6.18. The zero-order valence-electron chi connectivity index (χ0n) is 13.5. The van der Waals surface area contributed by atoms with Crippen molar-refractivity contribution < 1.29 is 9.59 Å². The predicted octanol–water partition coefficient (Wildman–Crippen LogP) is 2.73. The molecule has 0 aromatic rings. The molecule has 0 radical (unpaired) electrons. The summed E-state index contributed by atoms with van der Waals surface area (Å²) in [5.74, 6) is -0.851. The summed E-state index contributed by atoms with van der Waals surface area (Å²) in [6, 6.07) is 1.92. The van der Waals surface area contributed by atoms with Crippen LogP contribution in [0.1, 0.15) is 13.8 Å². The van der Waals surface area contributed by atoms with Crippen LogP contribution in [0.3, 0.4) is 0 Å². The van der Waals surface area contributed by atoms with Crippen molar-refractivity contribution in [2.75, 3.05) is 13.1 Å². The summed E-state index contributed by atoms with van der Waals surface area (Å²) >= 11 is 0. The molecule has 0 spiro atoms. The van der Waals surface area contributed by atoms with Crippen LogP contribution >= 0.6 is 0 Å². The molecule has 0 fully saturated rings. The van der Waals surface area contributed by atoms with E-state index in [4.69, 9.17) is 0 Å². The molecule has 2 rings (SSSR count). The van der Waals surface area contributed by atoms with Crippen LogP contribution in [0.25, 0.3) is 0 Å². The average Bonchev–Trinajstić information content (AvgIpc) is 2.53. The first-order valence-electron chi connectivity index (χ1n) is 7.46. The number of hydrogen-bond acceptors (Lipinski definition) is 3. The molecule has 0 bridgehead atoms. The highest BCUT2D eigenvalue weighted by molar-refractivity contribution is 6.08. The van der Waals surface area contributed by atoms with Gasteiger partial charge in [-0.1, -0.05) is 37.5 Å². The van der Waals surface area contributed by atoms with Gasteiger partial charge in [-0.05, 0) is 31.1 Å². The van der Waals surface area contributed by atoms with Crippen molar-refractivity contribution in [2.24, 2.45) is 11.3 Å². The molecule has 1 aliphatic carbocycles. The second kappa shape index (κ2) is 6.21. The van der Waals surface area contributed by atoms with Gasteiger partial charge in [0.05, 0.1) is 16.9 Å². The molecule has 4 nitrogen and oxygen atoms in total. The van der Waals surface area contributed by atoms with E-state index in [1.54, 1.807) is 30.9 Å². The first kappa shape index (κ1) is 16.7. The Kier molecular flexibility index (Phi) is 4.51. The monoisotopic (exact) mass is 308 g/mol. The predicted molar refractivity (Wildman–Crippen MR) is 89.1 cm³/mol. The highest BCUT2D eigenvalue weighted by Gasteiger charge is 2.46. The quantitative estimate of drug-likeness (QED) is 0.592. The Morgan fingerprint density at radius 1 is 1.48 bits per heavy atom. The van der Waals surface area contributed by atoms with Gasteiger partial charge in [-0.3, -0.25) is 9.59 Å². The van der Waals surface area contributed by atoms with Crippen molar-refractivity contribution in [3.05, 3.63) is 60.3 Å². The Bertz CT molecular complexity index is 714. The Balaban J connectivity index is 2.39. The Morgan fingerprint density at radius 2 is 2.17 bits per heavy atom. The molecule has 1 amide bonds. The van der Waals surface area contributed by atoms with Crippen molar-refractivity contribution in [1.29, 1.82) is 5.26 Å². The summed E-state index contributed by atoms with van der Waals surface area (Å²) in [6.07, 6.45) is 8.59. The minimum absolute atomic E-state index is 0.0675. The average molecular weight is 308 g/mol. The number of amides is 1. The normalized spacial score (nSPS) is 23.4. The number of allylic oxidation sites excluding steroid dienone is 3. The van der Waals surface area contributed by atoms with Crippen molar-refractivity contribution >= 4 is 11.7 Å². The van der Waals surface area contributed by atoms with Gasteiger partial charge in [0.25, 0.3) is 0 Å². The van der Waals surface area contributed by atoms with Gasteiger partial charge in [-0.2, -0.15) is 5.26 Å². The molecule has 1 aliphatic heterocycles. The van der Waals surface area contributed by atoms with Gasteiger partial charge in [0.15, 0.2) is 5.78 Å². The van der Waals surface area contributed by atoms with Crippen molar-refractivity contribution in [3.8, 4) is 6.07 Å². The molecule has 0 saturated carbocycles. The summed E-state index contributed by atoms with van der Waals surface area (Å²) in [4.78, 5) is 26.8. The maximum Gasteiger partial charge on any atom is 0.234 e. The summed E-state index contributed by atoms with van der Waals surface area (Å²) < 4.78 is 0. The van der Waals surface area contributed by atoms with Gasteiger partial charge < -0.3 is 4.90 Å². The third-order valence-corrected chi connectivity index (χ3v) is 4.40. The van der Waals surface area contributed by atoms with Crippen LogP contribution in [-0.4, -0.2) is 29.7 Å². The Hall–Kier alpha value is -2.67. The third kappa shape index (κ3) is 2.83. The summed E-state index contributed by atoms with van der Waals surface area (Å²) in [5, 5.41) is 9.17. The van der Waals surface area contributed by atoms with E-state index >= 15 is 0 Å². The fourth-order valence-electron chi connectivity index (χ4n) is 3.06. The largest absolute Gasteiger partial charge is 0.334 e. The van der Waals surface area contributed by atoms with Gasteiger partial charge in [0.2, 0.25) is 5.91 Å². The minimum atomic E-state index is -0.815. The maximum atomic E-state index is 12.8. The lowest BCUT2D eigenvalue weighted by Crippen LogP contribution is -2.47. The van der Waals surface area contributed by atoms with Crippen LogP contribution in [0.5, 0.6) is 0 Å². The SMILES string of the molecule is C=C/C=C(\C=C)CN1CC=C2C(C=C(C#N)C(=O)C2(C)C)C1=O. The van der Waals surface area contributed by atoms with E-state index in [-0.39, 0.29) is 17.3 Å². The molecule has 1 unspecified atom stereocenters. The number of carbonyl (C=O) groups is 2. The maximum absolute atomic E-state index is 12.8. The molecule has 0 aromatic heterocycles. The summed E-state index contributed by atoms with van der Waals surface area (Å²) in [6.45, 7) is 11.8. The minimum Gasteiger partial charge on any atom is -0.334 e. The number of nitriles is 1. The highest BCUT2D eigenvalue weighted by atomic mass is 16.2. The zero-order valence-corrected chi connectivity index (χ0v) is 13.5. The first-order valence-corrected chi connectivity index (χ1v) is 7.46. The van der Waals surface area contributed by atoms with E-state index in [1.165, 1.54) is 6.08 Å². The lowest BCUT2D eigenvalue weighted by Gasteiger charge is -2.40. The van der Waals surface area contributed by atoms with E-state index in [0.29, 0.717) is 13.1 Å². The van der Waals surface area contributed by atoms with Crippen molar-refractivity contribution in [2.45, 2.75) is 13.8 Å². The molecule has 1 heterocycles. The van der Waals surface area contributed by atoms with E-state index in [1.807, 2.05) is 18.2 Å². The highest BCUT2D eigenvalue weighted by Crippen LogP contribution is 2.42. The van der Waals surface area contributed by atoms with E-state index in [9.17, 15) is 14.9 Å². The van der Waals surface area contributed by atoms with Crippen LogP contribution in [-0.2, 0) is 9.59 Å². The molecular formula is C19H20N2O2. The number of nitrogens with zero attached hydrogens (tertiary/aromatic N) is 2. The molecule has 118 valence electrons. The van der Waals surface area contributed by atoms with Gasteiger partial charge in [0.1, 0.15) is 6.07 Å². The molecule has 0 saturated heterocycles. The molecule has 1 atom stereocenters. The van der Waals surface area contributed by atoms with Crippen LogP contribution < -0.4 is 0 Å². The lowest BCUT2D eigenvalue weighted by molar-refractivity contribution is -0.134. The number of Topliss-reactive ketones (excluding diaryl/α,β-unsaturated/α-hetero) is 1. The Labute approximate surface area is 136 Å². The number of carbonyl (C=O) groups excluding carboxylic acids is 2. The smallest absolute Gasteiger partial charge is 0.234 e. The number of ketones is 1. The third-order valence-electron chi connectivity index (χ3n) is 4.40. The second-order valence-electron chi connectivity index (χ2n) is 6.18. The lowest BCUT2D eigenvalue weighted by atomic mass is 9.66. The fourth-order valence-corrected chi connectivity index (χ4v) is 3.06. The molecule has 0 N–H and O–H groups in total. The summed E-state index contributed by atoms with van der Waals surface area (Å²) in [7, 11) is 0. The van der Waals surface area contributed by atoms with Gasteiger partial charge in [0, 0.05) is 13.1 Å². The molecular weight excluding hydrogens is 288 g/mol. The van der Waals surface area contributed by atoms with E-state index in [2.05, 4.69) is 13.2 Å². The van der Waals surface area contributed by atoms with Crippen molar-refractivity contribution in [1.82, 2.24) is 4.90 Å². The first-order chi connectivity index (χ1) is 10.9. The van der Waals surface area contributed by atoms with Gasteiger partial charge >= 0.3 is 0 Å². The zero-order chi connectivity index (χ0) is 17.2. The van der Waals surface area contributed by atoms with Crippen LogP contribution in [0.4, 0.5) is 0 Å². The van der Waals surface area contributed by atoms with E-state index < -0.39 is 11.3 Å². The topological polar surface area (TPSA) is 61.2 Å². The Morgan fingerprint density at radius 3 is 2.74 bits per heavy atom. The number of rotatable bonds is 4. The van der Waals surface area contributed by atoms with Crippen LogP contribution in [0.2, 0.25) is 0 Å². The standard InChI is InChI=1S/C19H20N2O2/c1-5-7-13(6-2)12-21-9-8-16-15(18(21)23)10-14(11-20)17(22)19(16,3)4/h5-8,10,15H,1-2,9,12H2,3-4H3/b13-7+. The molecule has 0 aromatic carbocycles. The van der Waals surface area contributed by atoms with Crippen molar-refractivity contribution in [3.63, 3.8) is 0 Å². The fraction of sp³-hybridized carbons (Fsp3) is 0.316. The molecule has 23 heavy (non-hydrogen) atoms. The van der Waals surface area contributed by atoms with Crippen LogP contribution in [0, 0.1) is 22.7 Å². The van der Waals surface area contributed by atoms with Gasteiger partial charge in [-0.15, -0.1) is 0 Å². The summed E-state index contributed by atoms with van der Waals surface area (Å²) in [5.41, 5.74) is 0.930. The molecule has 4 heteroatoms. The van der Waals surface area contributed by atoms with Gasteiger partial charge in [-0.25, -0.2) is 0 Å². The van der Waals surface area contributed by atoms with E-state index in [0.717, 1.165) is 11.1 Å². The van der Waals surface area contributed by atoms with Crippen LogP contribution in [0.15, 0.2) is 60.3 Å². The molecule has 2 aliphatic rings.